The SMILES string of the molecule is CCOC(=O)C1CCC(C(=O)OCC)N1CCN(C)C(=O)OC(C)(C)C. The molecule has 2 unspecified atom stereocenters. The van der Waals surface area contributed by atoms with Crippen molar-refractivity contribution in [1.82, 2.24) is 9.80 Å². The topological polar surface area (TPSA) is 85.4 Å². The van der Waals surface area contributed by atoms with Crippen molar-refractivity contribution in [3.05, 3.63) is 0 Å². The fourth-order valence-corrected chi connectivity index (χ4v) is 2.86. The molecule has 0 aliphatic carbocycles. The number of rotatable bonds is 7. The van der Waals surface area contributed by atoms with E-state index in [1.54, 1.807) is 46.6 Å². The Labute approximate surface area is 155 Å². The first-order valence-corrected chi connectivity index (χ1v) is 9.13. The van der Waals surface area contributed by atoms with Crippen molar-refractivity contribution < 1.29 is 28.6 Å². The van der Waals surface area contributed by atoms with Crippen LogP contribution in [0.3, 0.4) is 0 Å². The molecule has 8 heteroatoms. The average molecular weight is 372 g/mol. The van der Waals surface area contributed by atoms with Gasteiger partial charge in [-0.05, 0) is 47.5 Å². The summed E-state index contributed by atoms with van der Waals surface area (Å²) in [5, 5.41) is 0. The first kappa shape index (κ1) is 22.2. The third-order valence-electron chi connectivity index (χ3n) is 4.03. The molecule has 26 heavy (non-hydrogen) atoms. The van der Waals surface area contributed by atoms with Crippen LogP contribution in [0.25, 0.3) is 0 Å². The van der Waals surface area contributed by atoms with E-state index in [0.717, 1.165) is 0 Å². The number of hydrogen-bond acceptors (Lipinski definition) is 7. The summed E-state index contributed by atoms with van der Waals surface area (Å²) in [5.41, 5.74) is -0.583. The molecular formula is C18H32N2O6. The fourth-order valence-electron chi connectivity index (χ4n) is 2.86. The molecule has 0 saturated carbocycles. The van der Waals surface area contributed by atoms with Crippen LogP contribution in [0.4, 0.5) is 4.79 Å². The minimum atomic E-state index is -0.583. The van der Waals surface area contributed by atoms with Crippen LogP contribution < -0.4 is 0 Å². The summed E-state index contributed by atoms with van der Waals surface area (Å²) in [4.78, 5) is 39.8. The molecule has 0 aromatic heterocycles. The monoisotopic (exact) mass is 372 g/mol. The van der Waals surface area contributed by atoms with Gasteiger partial charge < -0.3 is 19.1 Å². The number of ether oxygens (including phenoxy) is 3. The minimum absolute atomic E-state index is 0.283. The highest BCUT2D eigenvalue weighted by atomic mass is 16.6. The lowest BCUT2D eigenvalue weighted by Gasteiger charge is -2.30. The third-order valence-corrected chi connectivity index (χ3v) is 4.03. The van der Waals surface area contributed by atoms with Crippen LogP contribution in [0.5, 0.6) is 0 Å². The lowest BCUT2D eigenvalue weighted by molar-refractivity contribution is -0.153. The smallest absolute Gasteiger partial charge is 0.410 e. The largest absolute Gasteiger partial charge is 0.465 e. The summed E-state index contributed by atoms with van der Waals surface area (Å²) in [5.74, 6) is -0.696. The lowest BCUT2D eigenvalue weighted by atomic mass is 10.2. The Morgan fingerprint density at radius 3 is 1.85 bits per heavy atom. The van der Waals surface area contributed by atoms with Crippen LogP contribution in [-0.4, -0.2) is 78.9 Å². The Bertz CT molecular complexity index is 476. The Balaban J connectivity index is 2.77. The van der Waals surface area contributed by atoms with Crippen molar-refractivity contribution in [2.75, 3.05) is 33.4 Å². The fraction of sp³-hybridized carbons (Fsp3) is 0.833. The van der Waals surface area contributed by atoms with Crippen molar-refractivity contribution in [3.63, 3.8) is 0 Å². The summed E-state index contributed by atoms with van der Waals surface area (Å²) < 4.78 is 15.6. The standard InChI is InChI=1S/C18H32N2O6/c1-7-24-15(21)13-9-10-14(16(22)25-8-2)20(13)12-11-19(6)17(23)26-18(3,4)5/h13-14H,7-12H2,1-6H3. The van der Waals surface area contributed by atoms with Crippen molar-refractivity contribution in [3.8, 4) is 0 Å². The van der Waals surface area contributed by atoms with Gasteiger partial charge in [-0.3, -0.25) is 14.5 Å². The van der Waals surface area contributed by atoms with Crippen LogP contribution in [0.1, 0.15) is 47.5 Å². The normalized spacial score (nSPS) is 20.5. The van der Waals surface area contributed by atoms with Crippen molar-refractivity contribution in [2.45, 2.75) is 65.1 Å². The maximum atomic E-state index is 12.2. The van der Waals surface area contributed by atoms with Gasteiger partial charge in [-0.1, -0.05) is 0 Å². The first-order valence-electron chi connectivity index (χ1n) is 9.13. The highest BCUT2D eigenvalue weighted by Crippen LogP contribution is 2.26. The zero-order valence-corrected chi connectivity index (χ0v) is 16.7. The second kappa shape index (κ2) is 9.75. The van der Waals surface area contributed by atoms with Crippen LogP contribution in [0.15, 0.2) is 0 Å². The van der Waals surface area contributed by atoms with E-state index >= 15 is 0 Å². The minimum Gasteiger partial charge on any atom is -0.465 e. The molecule has 0 N–H and O–H groups in total. The Morgan fingerprint density at radius 2 is 1.46 bits per heavy atom. The highest BCUT2D eigenvalue weighted by molar-refractivity contribution is 5.81. The van der Waals surface area contributed by atoms with Gasteiger partial charge in [0.25, 0.3) is 0 Å². The number of likely N-dealkylation sites (tertiary alicyclic amines) is 1. The summed E-state index contributed by atoms with van der Waals surface area (Å²) >= 11 is 0. The second-order valence-electron chi connectivity index (χ2n) is 7.25. The maximum Gasteiger partial charge on any atom is 0.410 e. The zero-order valence-electron chi connectivity index (χ0n) is 16.7. The molecule has 1 aliphatic rings. The summed E-state index contributed by atoms with van der Waals surface area (Å²) in [6.07, 6.45) is 0.605. The molecule has 0 aromatic rings. The number of carbonyl (C=O) groups excluding carboxylic acids is 3. The van der Waals surface area contributed by atoms with E-state index in [2.05, 4.69) is 0 Å². The van der Waals surface area contributed by atoms with Crippen LogP contribution in [-0.2, 0) is 23.8 Å². The molecule has 1 fully saturated rings. The number of likely N-dealkylation sites (N-methyl/N-ethyl adjacent to an activating group) is 1. The Kier molecular flexibility index (Phi) is 8.33. The number of amides is 1. The number of esters is 2. The third kappa shape index (κ3) is 6.48. The van der Waals surface area contributed by atoms with Gasteiger partial charge in [0, 0.05) is 20.1 Å². The summed E-state index contributed by atoms with van der Waals surface area (Å²) in [7, 11) is 1.63. The van der Waals surface area contributed by atoms with E-state index in [4.69, 9.17) is 14.2 Å². The van der Waals surface area contributed by atoms with Gasteiger partial charge in [-0.2, -0.15) is 0 Å². The van der Waals surface area contributed by atoms with E-state index in [0.29, 0.717) is 25.9 Å². The van der Waals surface area contributed by atoms with E-state index in [1.807, 2.05) is 0 Å². The van der Waals surface area contributed by atoms with Gasteiger partial charge >= 0.3 is 18.0 Å². The molecule has 150 valence electrons. The van der Waals surface area contributed by atoms with Crippen molar-refractivity contribution >= 4 is 18.0 Å². The molecule has 1 amide bonds. The molecule has 0 aromatic carbocycles. The molecule has 0 spiro atoms. The van der Waals surface area contributed by atoms with Gasteiger partial charge in [0.05, 0.1) is 13.2 Å². The average Bonchev–Trinajstić information content (AvgIpc) is 2.95. The summed E-state index contributed by atoms with van der Waals surface area (Å²) in [6.45, 7) is 10.1. The van der Waals surface area contributed by atoms with Crippen molar-refractivity contribution in [1.29, 1.82) is 0 Å². The van der Waals surface area contributed by atoms with Gasteiger partial charge in [0.15, 0.2) is 0 Å². The first-order chi connectivity index (χ1) is 12.1. The highest BCUT2D eigenvalue weighted by Gasteiger charge is 2.42. The van der Waals surface area contributed by atoms with E-state index in [-0.39, 0.29) is 25.2 Å². The predicted octanol–water partition coefficient (Wildman–Crippen LogP) is 1.81. The molecule has 1 aliphatic heterocycles. The van der Waals surface area contributed by atoms with Crippen LogP contribution >= 0.6 is 0 Å². The van der Waals surface area contributed by atoms with Gasteiger partial charge in [0.2, 0.25) is 0 Å². The number of carbonyl (C=O) groups is 3. The molecule has 0 radical (unpaired) electrons. The molecule has 0 bridgehead atoms. The van der Waals surface area contributed by atoms with E-state index in [9.17, 15) is 14.4 Å². The van der Waals surface area contributed by atoms with E-state index < -0.39 is 23.8 Å². The van der Waals surface area contributed by atoms with Gasteiger partial charge in [0.1, 0.15) is 17.7 Å². The molecule has 1 heterocycles. The van der Waals surface area contributed by atoms with Crippen molar-refractivity contribution in [2.24, 2.45) is 0 Å². The number of nitrogens with zero attached hydrogens (tertiary/aromatic N) is 2. The molecule has 8 nitrogen and oxygen atoms in total. The Hall–Kier alpha value is -1.83. The second-order valence-corrected chi connectivity index (χ2v) is 7.25. The van der Waals surface area contributed by atoms with Crippen LogP contribution in [0, 0.1) is 0 Å². The summed E-state index contributed by atoms with van der Waals surface area (Å²) in [6, 6.07) is -1.01. The van der Waals surface area contributed by atoms with Crippen LogP contribution in [0.2, 0.25) is 0 Å². The van der Waals surface area contributed by atoms with Gasteiger partial charge in [-0.25, -0.2) is 4.79 Å². The quantitative estimate of drug-likeness (QED) is 0.498. The molecule has 1 rings (SSSR count). The number of hydrogen-bond donors (Lipinski definition) is 0. The lowest BCUT2D eigenvalue weighted by Crippen LogP contribution is -2.49. The zero-order chi connectivity index (χ0) is 19.9. The van der Waals surface area contributed by atoms with E-state index in [1.165, 1.54) is 4.90 Å². The molecular weight excluding hydrogens is 340 g/mol. The molecule has 2 atom stereocenters. The van der Waals surface area contributed by atoms with Gasteiger partial charge in [-0.15, -0.1) is 0 Å². The maximum absolute atomic E-state index is 12.2. The predicted molar refractivity (Wildman–Crippen MR) is 95.6 cm³/mol. The Morgan fingerprint density at radius 1 is 1.00 bits per heavy atom. The molecule has 1 saturated heterocycles.